The van der Waals surface area contributed by atoms with E-state index in [0.717, 1.165) is 53.7 Å². The predicted octanol–water partition coefficient (Wildman–Crippen LogP) is 5.60. The summed E-state index contributed by atoms with van der Waals surface area (Å²) in [6, 6.07) is 12.5. The van der Waals surface area contributed by atoms with Crippen molar-refractivity contribution in [1.82, 2.24) is 9.55 Å². The maximum atomic E-state index is 11.3. The molecule has 2 aromatic carbocycles. The molecule has 0 amide bonds. The Hall–Kier alpha value is -2.66. The smallest absolute Gasteiger partial charge is 0.182 e. The molecule has 3 aromatic rings. The van der Waals surface area contributed by atoms with Gasteiger partial charge in [-0.3, -0.25) is 9.36 Å². The Labute approximate surface area is 171 Å². The van der Waals surface area contributed by atoms with Crippen molar-refractivity contribution in [2.75, 3.05) is 18.5 Å². The van der Waals surface area contributed by atoms with Crippen molar-refractivity contribution < 1.29 is 4.79 Å². The summed E-state index contributed by atoms with van der Waals surface area (Å²) in [6.07, 6.45) is 4.65. The quantitative estimate of drug-likeness (QED) is 0.420. The molecule has 1 N–H and O–H groups in total. The molecule has 0 aliphatic rings. The molecule has 1 heterocycles. The van der Waals surface area contributed by atoms with E-state index in [0.29, 0.717) is 4.77 Å². The lowest BCUT2D eigenvalue weighted by Crippen LogP contribution is -2.18. The number of aldehydes is 1. The maximum absolute atomic E-state index is 11.3. The van der Waals surface area contributed by atoms with Gasteiger partial charge in [-0.15, -0.1) is 0 Å². The van der Waals surface area contributed by atoms with Gasteiger partial charge < -0.3 is 9.88 Å². The number of aromatic amines is 1. The highest BCUT2D eigenvalue weighted by Crippen LogP contribution is 2.29. The fourth-order valence-electron chi connectivity index (χ4n) is 3.54. The minimum absolute atomic E-state index is 0.655. The first-order valence-corrected chi connectivity index (χ1v) is 10.2. The van der Waals surface area contributed by atoms with Gasteiger partial charge >= 0.3 is 0 Å². The third-order valence-electron chi connectivity index (χ3n) is 5.32. The number of benzene rings is 2. The third kappa shape index (κ3) is 3.67. The SMILES string of the molecule is CCc1cc(-c2c[nH]c(=S)n2-c2ccc(CC)c(N(C)CC)c2)ccc1C=O. The molecule has 1 aromatic heterocycles. The minimum Gasteiger partial charge on any atom is -0.375 e. The van der Waals surface area contributed by atoms with Gasteiger partial charge in [-0.25, -0.2) is 0 Å². The van der Waals surface area contributed by atoms with Crippen LogP contribution in [0, 0.1) is 4.77 Å². The molecule has 3 rings (SSSR count). The lowest BCUT2D eigenvalue weighted by Gasteiger charge is -2.22. The number of nitrogens with one attached hydrogen (secondary N) is 1. The Bertz CT molecular complexity index is 1050. The highest BCUT2D eigenvalue weighted by atomic mass is 32.1. The summed E-state index contributed by atoms with van der Waals surface area (Å²) >= 11 is 5.60. The minimum atomic E-state index is 0.655. The summed E-state index contributed by atoms with van der Waals surface area (Å²) in [4.78, 5) is 16.7. The Kier molecular flexibility index (Phi) is 6.15. The molecule has 0 atom stereocenters. The second kappa shape index (κ2) is 8.57. The second-order valence-corrected chi connectivity index (χ2v) is 7.27. The van der Waals surface area contributed by atoms with E-state index >= 15 is 0 Å². The van der Waals surface area contributed by atoms with E-state index in [1.807, 2.05) is 18.3 Å². The molecule has 0 saturated heterocycles. The molecule has 0 unspecified atom stereocenters. The van der Waals surface area contributed by atoms with E-state index in [1.165, 1.54) is 11.3 Å². The summed E-state index contributed by atoms with van der Waals surface area (Å²) < 4.78 is 2.72. The van der Waals surface area contributed by atoms with Crippen molar-refractivity contribution >= 4 is 24.2 Å². The van der Waals surface area contributed by atoms with Gasteiger partial charge in [-0.05, 0) is 61.3 Å². The van der Waals surface area contributed by atoms with Gasteiger partial charge in [0, 0.05) is 36.6 Å². The van der Waals surface area contributed by atoms with Crippen molar-refractivity contribution in [1.29, 1.82) is 0 Å². The third-order valence-corrected chi connectivity index (χ3v) is 5.62. The van der Waals surface area contributed by atoms with E-state index in [1.54, 1.807) is 0 Å². The van der Waals surface area contributed by atoms with Gasteiger partial charge in [0.1, 0.15) is 6.29 Å². The fraction of sp³-hybridized carbons (Fsp3) is 0.304. The molecule has 0 saturated carbocycles. The Balaban J connectivity index is 2.17. The average molecular weight is 394 g/mol. The van der Waals surface area contributed by atoms with Gasteiger partial charge in [-0.1, -0.05) is 32.0 Å². The zero-order valence-corrected chi connectivity index (χ0v) is 17.8. The number of H-pyrrole nitrogens is 1. The molecule has 146 valence electrons. The number of nitrogens with zero attached hydrogens (tertiary/aromatic N) is 2. The van der Waals surface area contributed by atoms with Crippen LogP contribution < -0.4 is 4.90 Å². The zero-order chi connectivity index (χ0) is 20.3. The summed E-state index contributed by atoms with van der Waals surface area (Å²) in [6.45, 7) is 7.33. The van der Waals surface area contributed by atoms with E-state index in [-0.39, 0.29) is 0 Å². The summed E-state index contributed by atoms with van der Waals surface area (Å²) in [5.74, 6) is 0. The van der Waals surface area contributed by atoms with E-state index < -0.39 is 0 Å². The highest BCUT2D eigenvalue weighted by molar-refractivity contribution is 7.71. The van der Waals surface area contributed by atoms with Gasteiger partial charge in [-0.2, -0.15) is 0 Å². The molecular formula is C23H27N3OS. The number of aryl methyl sites for hydroxylation is 2. The van der Waals surface area contributed by atoms with Crippen LogP contribution in [0.3, 0.4) is 0 Å². The number of carbonyl (C=O) groups is 1. The normalized spacial score (nSPS) is 10.9. The van der Waals surface area contributed by atoms with Crippen molar-refractivity contribution in [3.63, 3.8) is 0 Å². The van der Waals surface area contributed by atoms with Gasteiger partial charge in [0.2, 0.25) is 0 Å². The van der Waals surface area contributed by atoms with E-state index in [9.17, 15) is 4.79 Å². The molecule has 0 aliphatic carbocycles. The van der Waals surface area contributed by atoms with Crippen molar-refractivity contribution in [2.24, 2.45) is 0 Å². The first-order chi connectivity index (χ1) is 13.5. The highest BCUT2D eigenvalue weighted by Gasteiger charge is 2.13. The topological polar surface area (TPSA) is 41.0 Å². The van der Waals surface area contributed by atoms with Crippen LogP contribution in [-0.2, 0) is 12.8 Å². The maximum Gasteiger partial charge on any atom is 0.182 e. The molecule has 28 heavy (non-hydrogen) atoms. The number of rotatable bonds is 7. The molecule has 0 fully saturated rings. The first-order valence-electron chi connectivity index (χ1n) is 9.77. The lowest BCUT2D eigenvalue weighted by atomic mass is 10.0. The Morgan fingerprint density at radius 3 is 2.46 bits per heavy atom. The molecule has 0 aliphatic heterocycles. The predicted molar refractivity (Wildman–Crippen MR) is 119 cm³/mol. The number of imidazole rings is 1. The fourth-order valence-corrected chi connectivity index (χ4v) is 3.80. The number of hydrogen-bond donors (Lipinski definition) is 1. The number of hydrogen-bond acceptors (Lipinski definition) is 3. The van der Waals surface area contributed by atoms with Gasteiger partial charge in [0.25, 0.3) is 0 Å². The van der Waals surface area contributed by atoms with Crippen LogP contribution in [0.25, 0.3) is 16.9 Å². The Morgan fingerprint density at radius 2 is 1.82 bits per heavy atom. The van der Waals surface area contributed by atoms with Gasteiger partial charge in [0.15, 0.2) is 4.77 Å². The van der Waals surface area contributed by atoms with Crippen LogP contribution in [0.4, 0.5) is 5.69 Å². The molecule has 0 bridgehead atoms. The second-order valence-electron chi connectivity index (χ2n) is 6.88. The van der Waals surface area contributed by atoms with E-state index in [2.05, 4.69) is 66.5 Å². The number of carbonyl (C=O) groups excluding carboxylic acids is 1. The first kappa shape index (κ1) is 20.1. The summed E-state index contributed by atoms with van der Waals surface area (Å²) in [5.41, 5.74) is 7.39. The molecule has 0 radical (unpaired) electrons. The molecular weight excluding hydrogens is 366 g/mol. The van der Waals surface area contributed by atoms with Crippen LogP contribution in [-0.4, -0.2) is 29.4 Å². The van der Waals surface area contributed by atoms with Crippen molar-refractivity contribution in [3.05, 3.63) is 64.1 Å². The molecule has 5 heteroatoms. The standard InChI is InChI=1S/C23H27N3OS/c1-5-16-10-11-20(13-21(16)25(4)7-3)26-22(14-24-23(26)28)18-8-9-19(15-27)17(6-2)12-18/h8-15H,5-7H2,1-4H3,(H,24,28). The van der Waals surface area contributed by atoms with Crippen LogP contribution in [0.15, 0.2) is 42.6 Å². The number of aromatic nitrogens is 2. The molecule has 4 nitrogen and oxygen atoms in total. The van der Waals surface area contributed by atoms with E-state index in [4.69, 9.17) is 12.2 Å². The lowest BCUT2D eigenvalue weighted by molar-refractivity contribution is 0.112. The van der Waals surface area contributed by atoms with Crippen molar-refractivity contribution in [2.45, 2.75) is 33.6 Å². The van der Waals surface area contributed by atoms with Crippen LogP contribution in [0.1, 0.15) is 42.3 Å². The Morgan fingerprint density at radius 1 is 1.07 bits per heavy atom. The summed E-state index contributed by atoms with van der Waals surface area (Å²) in [7, 11) is 2.11. The van der Waals surface area contributed by atoms with Crippen LogP contribution >= 0.6 is 12.2 Å². The largest absolute Gasteiger partial charge is 0.375 e. The van der Waals surface area contributed by atoms with Crippen molar-refractivity contribution in [3.8, 4) is 16.9 Å². The average Bonchev–Trinajstić information content (AvgIpc) is 3.13. The molecule has 0 spiro atoms. The number of anilines is 1. The monoisotopic (exact) mass is 393 g/mol. The van der Waals surface area contributed by atoms with Gasteiger partial charge in [0.05, 0.1) is 11.4 Å². The van der Waals surface area contributed by atoms with Crippen LogP contribution in [0.5, 0.6) is 0 Å². The zero-order valence-electron chi connectivity index (χ0n) is 17.0. The van der Waals surface area contributed by atoms with Crippen LogP contribution in [0.2, 0.25) is 0 Å². The summed E-state index contributed by atoms with van der Waals surface area (Å²) in [5, 5.41) is 0.